The Balaban J connectivity index is 1.97. The van der Waals surface area contributed by atoms with Gasteiger partial charge in [-0.25, -0.2) is 12.8 Å². The lowest BCUT2D eigenvalue weighted by molar-refractivity contribution is -0.121. The van der Waals surface area contributed by atoms with Gasteiger partial charge in [-0.1, -0.05) is 12.1 Å². The van der Waals surface area contributed by atoms with Crippen molar-refractivity contribution in [2.24, 2.45) is 5.92 Å². The van der Waals surface area contributed by atoms with Crippen molar-refractivity contribution in [3.05, 3.63) is 35.1 Å². The fraction of sp³-hybridized carbons (Fsp3) is 0.562. The van der Waals surface area contributed by atoms with E-state index in [1.54, 1.807) is 13.0 Å². The lowest BCUT2D eigenvalue weighted by atomic mass is 9.89. The molecule has 0 saturated heterocycles. The molecule has 1 unspecified atom stereocenters. The largest absolute Gasteiger partial charge is 0.355 e. The molecule has 2 rings (SSSR count). The van der Waals surface area contributed by atoms with Crippen LogP contribution in [-0.4, -0.2) is 32.9 Å². The van der Waals surface area contributed by atoms with E-state index in [4.69, 9.17) is 0 Å². The molecule has 1 aliphatic rings. The van der Waals surface area contributed by atoms with Crippen molar-refractivity contribution in [3.63, 3.8) is 0 Å². The van der Waals surface area contributed by atoms with E-state index in [1.807, 2.05) is 6.07 Å². The van der Waals surface area contributed by atoms with Crippen LogP contribution in [0.3, 0.4) is 0 Å². The van der Waals surface area contributed by atoms with Crippen LogP contribution in [0.2, 0.25) is 0 Å². The molecule has 4 nitrogen and oxygen atoms in total. The average Bonchev–Trinajstić information content (AvgIpc) is 3.22. The van der Waals surface area contributed by atoms with Crippen molar-refractivity contribution >= 4 is 15.7 Å². The molecular formula is C16H22FNO3S. The van der Waals surface area contributed by atoms with Gasteiger partial charge < -0.3 is 5.32 Å². The van der Waals surface area contributed by atoms with Gasteiger partial charge >= 0.3 is 0 Å². The van der Waals surface area contributed by atoms with Crippen molar-refractivity contribution in [1.82, 2.24) is 5.32 Å². The van der Waals surface area contributed by atoms with Gasteiger partial charge in [-0.15, -0.1) is 0 Å². The third kappa shape index (κ3) is 5.09. The Bertz CT molecular complexity index is 653. The maximum atomic E-state index is 13.4. The Morgan fingerprint density at radius 1 is 1.41 bits per heavy atom. The van der Waals surface area contributed by atoms with E-state index in [9.17, 15) is 17.6 Å². The van der Waals surface area contributed by atoms with E-state index in [1.165, 1.54) is 6.07 Å². The summed E-state index contributed by atoms with van der Waals surface area (Å²) < 4.78 is 35.5. The Kier molecular flexibility index (Phi) is 5.21. The third-order valence-electron chi connectivity index (χ3n) is 4.00. The summed E-state index contributed by atoms with van der Waals surface area (Å²) >= 11 is 0. The zero-order chi connectivity index (χ0) is 16.3. The number of halogens is 1. The summed E-state index contributed by atoms with van der Waals surface area (Å²) in [6, 6.07) is 5.00. The first kappa shape index (κ1) is 16.9. The van der Waals surface area contributed by atoms with E-state index < -0.39 is 9.84 Å². The smallest absolute Gasteiger partial charge is 0.220 e. The first-order valence-electron chi connectivity index (χ1n) is 7.47. The molecule has 0 radical (unpaired) electrons. The summed E-state index contributed by atoms with van der Waals surface area (Å²) in [4.78, 5) is 12.0. The topological polar surface area (TPSA) is 63.2 Å². The van der Waals surface area contributed by atoms with Crippen molar-refractivity contribution in [2.75, 3.05) is 18.6 Å². The number of rotatable bonds is 7. The summed E-state index contributed by atoms with van der Waals surface area (Å²) in [6.07, 6.45) is 3.63. The molecule has 1 amide bonds. The van der Waals surface area contributed by atoms with Crippen LogP contribution >= 0.6 is 0 Å². The van der Waals surface area contributed by atoms with Crippen molar-refractivity contribution in [3.8, 4) is 0 Å². The summed E-state index contributed by atoms with van der Waals surface area (Å²) in [6.45, 7) is 1.85. The highest BCUT2D eigenvalue weighted by Crippen LogP contribution is 2.44. The van der Waals surface area contributed by atoms with Gasteiger partial charge in [-0.3, -0.25) is 4.79 Å². The second-order valence-electron chi connectivity index (χ2n) is 6.14. The zero-order valence-corrected chi connectivity index (χ0v) is 13.7. The Morgan fingerprint density at radius 3 is 2.64 bits per heavy atom. The van der Waals surface area contributed by atoms with Crippen LogP contribution in [-0.2, 0) is 14.6 Å². The molecule has 22 heavy (non-hydrogen) atoms. The molecule has 1 N–H and O–H groups in total. The van der Waals surface area contributed by atoms with Gasteiger partial charge in [0.05, 0.1) is 5.75 Å². The van der Waals surface area contributed by atoms with Crippen molar-refractivity contribution in [2.45, 2.75) is 32.1 Å². The lowest BCUT2D eigenvalue weighted by Crippen LogP contribution is -2.30. The summed E-state index contributed by atoms with van der Waals surface area (Å²) in [5, 5.41) is 2.66. The van der Waals surface area contributed by atoms with Crippen molar-refractivity contribution in [1.29, 1.82) is 0 Å². The molecule has 1 aliphatic carbocycles. The summed E-state index contributed by atoms with van der Waals surface area (Å²) in [7, 11) is -3.07. The minimum Gasteiger partial charge on any atom is -0.355 e. The molecule has 6 heteroatoms. The van der Waals surface area contributed by atoms with Crippen LogP contribution in [0.15, 0.2) is 18.2 Å². The fourth-order valence-corrected chi connectivity index (χ4v) is 3.07. The number of hydrogen-bond acceptors (Lipinski definition) is 3. The highest BCUT2D eigenvalue weighted by molar-refractivity contribution is 7.90. The van der Waals surface area contributed by atoms with Crippen LogP contribution in [0.1, 0.15) is 36.3 Å². The standard InChI is InChI=1S/C16H22FNO3S/c1-11-9-13(5-6-15(11)17)14(12-3-4-12)10-16(19)18-7-8-22(2,20)21/h5-6,9,12,14H,3-4,7-8,10H2,1-2H3,(H,18,19). The Labute approximate surface area is 131 Å². The first-order valence-corrected chi connectivity index (χ1v) is 9.53. The Hall–Kier alpha value is -1.43. The molecule has 0 spiro atoms. The first-order chi connectivity index (χ1) is 10.3. The number of carbonyl (C=O) groups excluding carboxylic acids is 1. The van der Waals surface area contributed by atoms with E-state index in [-0.39, 0.29) is 29.9 Å². The van der Waals surface area contributed by atoms with Crippen LogP contribution < -0.4 is 5.32 Å². The molecular weight excluding hydrogens is 305 g/mol. The molecule has 1 atom stereocenters. The van der Waals surface area contributed by atoms with E-state index in [2.05, 4.69) is 5.32 Å². The molecule has 0 aliphatic heterocycles. The highest BCUT2D eigenvalue weighted by Gasteiger charge is 2.33. The van der Waals surface area contributed by atoms with E-state index in [0.29, 0.717) is 17.9 Å². The predicted molar refractivity (Wildman–Crippen MR) is 83.9 cm³/mol. The predicted octanol–water partition coefficient (Wildman–Crippen LogP) is 2.18. The van der Waals surface area contributed by atoms with Gasteiger partial charge in [0.1, 0.15) is 15.7 Å². The van der Waals surface area contributed by atoms with Gasteiger partial charge in [0, 0.05) is 19.2 Å². The van der Waals surface area contributed by atoms with Crippen molar-refractivity contribution < 1.29 is 17.6 Å². The molecule has 0 bridgehead atoms. The molecule has 0 aromatic heterocycles. The van der Waals surface area contributed by atoms with Crippen LogP contribution in [0, 0.1) is 18.7 Å². The quantitative estimate of drug-likeness (QED) is 0.835. The van der Waals surface area contributed by atoms with E-state index >= 15 is 0 Å². The number of carbonyl (C=O) groups is 1. The van der Waals surface area contributed by atoms with Gasteiger partial charge in [-0.05, 0) is 48.8 Å². The number of amides is 1. The minimum atomic E-state index is -3.07. The number of hydrogen-bond donors (Lipinski definition) is 1. The average molecular weight is 327 g/mol. The normalized spacial score (nSPS) is 16.3. The van der Waals surface area contributed by atoms with Crippen LogP contribution in [0.5, 0.6) is 0 Å². The highest BCUT2D eigenvalue weighted by atomic mass is 32.2. The van der Waals surface area contributed by atoms with Crippen LogP contribution in [0.25, 0.3) is 0 Å². The molecule has 1 aromatic carbocycles. The lowest BCUT2D eigenvalue weighted by Gasteiger charge is -2.17. The summed E-state index contributed by atoms with van der Waals surface area (Å²) in [5.74, 6) is 0.101. The molecule has 1 aromatic rings. The number of aryl methyl sites for hydroxylation is 1. The molecule has 1 saturated carbocycles. The minimum absolute atomic E-state index is 0.0531. The Morgan fingerprint density at radius 2 is 2.09 bits per heavy atom. The SMILES string of the molecule is Cc1cc(C(CC(=O)NCCS(C)(=O)=O)C2CC2)ccc1F. The van der Waals surface area contributed by atoms with Gasteiger partial charge in [0.25, 0.3) is 0 Å². The molecule has 0 heterocycles. The molecule has 1 fully saturated rings. The van der Waals surface area contributed by atoms with Gasteiger partial charge in [0.2, 0.25) is 5.91 Å². The molecule has 122 valence electrons. The number of nitrogens with one attached hydrogen (secondary N) is 1. The second-order valence-corrected chi connectivity index (χ2v) is 8.40. The zero-order valence-electron chi connectivity index (χ0n) is 12.9. The van der Waals surface area contributed by atoms with Gasteiger partial charge in [-0.2, -0.15) is 0 Å². The fourth-order valence-electron chi connectivity index (χ4n) is 2.60. The second kappa shape index (κ2) is 6.77. The maximum absolute atomic E-state index is 13.4. The van der Waals surface area contributed by atoms with Crippen LogP contribution in [0.4, 0.5) is 4.39 Å². The number of sulfone groups is 1. The summed E-state index contributed by atoms with van der Waals surface area (Å²) in [5.41, 5.74) is 1.57. The van der Waals surface area contributed by atoms with E-state index in [0.717, 1.165) is 24.7 Å². The monoisotopic (exact) mass is 327 g/mol. The van der Waals surface area contributed by atoms with Gasteiger partial charge in [0.15, 0.2) is 0 Å². The number of benzene rings is 1. The third-order valence-corrected chi connectivity index (χ3v) is 4.95. The maximum Gasteiger partial charge on any atom is 0.220 e.